The second kappa shape index (κ2) is 2.96. The summed E-state index contributed by atoms with van der Waals surface area (Å²) in [6.07, 6.45) is 5.80. The monoisotopic (exact) mass is 164 g/mol. The maximum absolute atomic E-state index is 4.05. The van der Waals surface area contributed by atoms with Crippen LogP contribution in [-0.2, 0) is 0 Å². The Morgan fingerprint density at radius 1 is 1.55 bits per heavy atom. The summed E-state index contributed by atoms with van der Waals surface area (Å²) in [5.41, 5.74) is 1.17. The van der Waals surface area contributed by atoms with Gasteiger partial charge in [0.25, 0.3) is 0 Å². The molecule has 3 heteroatoms. The lowest BCUT2D eigenvalue weighted by atomic mass is 10.4. The molecule has 0 unspecified atom stereocenters. The van der Waals surface area contributed by atoms with Crippen LogP contribution in [0.1, 0.15) is 0 Å². The molecule has 0 fully saturated rings. The lowest BCUT2D eigenvalue weighted by Crippen LogP contribution is -2.08. The number of hydrogen-bond acceptors (Lipinski definition) is 3. The van der Waals surface area contributed by atoms with Crippen molar-refractivity contribution in [3.8, 4) is 0 Å². The summed E-state index contributed by atoms with van der Waals surface area (Å²) in [4.78, 5) is 4.05. The molecule has 0 atom stereocenters. The van der Waals surface area contributed by atoms with Crippen LogP contribution in [0.4, 0.5) is 5.69 Å². The molecule has 1 aromatic rings. The van der Waals surface area contributed by atoms with Crippen molar-refractivity contribution in [2.24, 2.45) is 0 Å². The number of pyridine rings is 1. The van der Waals surface area contributed by atoms with E-state index in [0.717, 1.165) is 6.54 Å². The molecule has 0 N–H and O–H groups in total. The van der Waals surface area contributed by atoms with Crippen LogP contribution in [0.25, 0.3) is 0 Å². The predicted octanol–water partition coefficient (Wildman–Crippen LogP) is 2.06. The number of aromatic nitrogens is 1. The molecule has 0 spiro atoms. The summed E-state index contributed by atoms with van der Waals surface area (Å²) in [6.45, 7) is 0.982. The Morgan fingerprint density at radius 2 is 2.55 bits per heavy atom. The first kappa shape index (κ1) is 6.73. The van der Waals surface area contributed by atoms with Crippen molar-refractivity contribution in [2.75, 3.05) is 10.8 Å². The van der Waals surface area contributed by atoms with E-state index in [1.54, 1.807) is 18.1 Å². The zero-order valence-corrected chi connectivity index (χ0v) is 6.79. The summed E-state index contributed by atoms with van der Waals surface area (Å²) in [7, 11) is 0. The highest BCUT2D eigenvalue weighted by Crippen LogP contribution is 2.25. The highest BCUT2D eigenvalue weighted by atomic mass is 32.2. The summed E-state index contributed by atoms with van der Waals surface area (Å²) in [6, 6.07) is 4.02. The summed E-state index contributed by atoms with van der Waals surface area (Å²) >= 11 is 1.71. The lowest BCUT2D eigenvalue weighted by molar-refractivity contribution is 1.20. The third-order valence-corrected chi connectivity index (χ3v) is 2.42. The molecule has 56 valence electrons. The van der Waals surface area contributed by atoms with E-state index in [9.17, 15) is 0 Å². The van der Waals surface area contributed by atoms with Crippen molar-refractivity contribution in [3.05, 3.63) is 36.0 Å². The molecule has 2 heterocycles. The fourth-order valence-corrected chi connectivity index (χ4v) is 1.69. The zero-order valence-electron chi connectivity index (χ0n) is 5.97. The standard InChI is InChI=1S/C8H8N2S/c1-3-8(7-9-4-1)10-5-2-6-11-10/h1-4,6-7H,5H2. The Kier molecular flexibility index (Phi) is 1.81. The van der Waals surface area contributed by atoms with E-state index in [0.29, 0.717) is 0 Å². The smallest absolute Gasteiger partial charge is 0.0660 e. The minimum absolute atomic E-state index is 0.982. The predicted molar refractivity (Wildman–Crippen MR) is 48.3 cm³/mol. The fraction of sp³-hybridized carbons (Fsp3) is 0.125. The first-order valence-corrected chi connectivity index (χ1v) is 4.30. The minimum atomic E-state index is 0.982. The SMILES string of the molecule is C1=CSN(c2cccnc2)C1. The van der Waals surface area contributed by atoms with Crippen molar-refractivity contribution >= 4 is 17.6 Å². The second-order valence-electron chi connectivity index (χ2n) is 2.25. The van der Waals surface area contributed by atoms with Gasteiger partial charge >= 0.3 is 0 Å². The molecule has 11 heavy (non-hydrogen) atoms. The summed E-state index contributed by atoms with van der Waals surface area (Å²) < 4.78 is 2.19. The van der Waals surface area contributed by atoms with Crippen LogP contribution < -0.4 is 4.31 Å². The normalized spacial score (nSPS) is 15.8. The molecule has 0 amide bonds. The Hall–Kier alpha value is -0.960. The largest absolute Gasteiger partial charge is 0.307 e. The molecular formula is C8H8N2S. The van der Waals surface area contributed by atoms with E-state index in [1.165, 1.54) is 5.69 Å². The molecule has 2 nitrogen and oxygen atoms in total. The van der Waals surface area contributed by atoms with Gasteiger partial charge in [-0.15, -0.1) is 0 Å². The molecule has 0 bridgehead atoms. The van der Waals surface area contributed by atoms with Crippen molar-refractivity contribution in [3.63, 3.8) is 0 Å². The Morgan fingerprint density at radius 3 is 3.18 bits per heavy atom. The summed E-state index contributed by atoms with van der Waals surface area (Å²) in [5.74, 6) is 0. The Labute approximate surface area is 70.1 Å². The molecule has 1 aliphatic heterocycles. The van der Waals surface area contributed by atoms with Gasteiger partial charge in [-0.05, 0) is 29.5 Å². The van der Waals surface area contributed by atoms with Crippen LogP contribution in [0.15, 0.2) is 36.0 Å². The van der Waals surface area contributed by atoms with Gasteiger partial charge in [0.1, 0.15) is 0 Å². The van der Waals surface area contributed by atoms with E-state index >= 15 is 0 Å². The fourth-order valence-electron chi connectivity index (χ4n) is 0.966. The summed E-state index contributed by atoms with van der Waals surface area (Å²) in [5, 5.41) is 2.09. The van der Waals surface area contributed by atoms with Crippen LogP contribution in [0, 0.1) is 0 Å². The van der Waals surface area contributed by atoms with Crippen molar-refractivity contribution < 1.29 is 0 Å². The van der Waals surface area contributed by atoms with Gasteiger partial charge < -0.3 is 4.31 Å². The average molecular weight is 164 g/mol. The molecule has 0 saturated carbocycles. The van der Waals surface area contributed by atoms with Crippen molar-refractivity contribution in [1.82, 2.24) is 4.98 Å². The van der Waals surface area contributed by atoms with Gasteiger partial charge in [0, 0.05) is 12.7 Å². The second-order valence-corrected chi connectivity index (χ2v) is 3.17. The first-order valence-electron chi connectivity index (χ1n) is 3.46. The zero-order chi connectivity index (χ0) is 7.52. The first-order chi connectivity index (χ1) is 5.47. The highest BCUT2D eigenvalue weighted by Gasteiger charge is 2.06. The lowest BCUT2D eigenvalue weighted by Gasteiger charge is -2.14. The van der Waals surface area contributed by atoms with Gasteiger partial charge in [0.05, 0.1) is 11.9 Å². The van der Waals surface area contributed by atoms with Gasteiger partial charge in [-0.3, -0.25) is 4.98 Å². The molecular weight excluding hydrogens is 156 g/mol. The molecule has 0 saturated heterocycles. The molecule has 0 aromatic carbocycles. The molecule has 0 aliphatic carbocycles. The van der Waals surface area contributed by atoms with E-state index in [-0.39, 0.29) is 0 Å². The van der Waals surface area contributed by atoms with Gasteiger partial charge in [0.15, 0.2) is 0 Å². The van der Waals surface area contributed by atoms with Crippen LogP contribution in [0.2, 0.25) is 0 Å². The van der Waals surface area contributed by atoms with E-state index in [4.69, 9.17) is 0 Å². The quantitative estimate of drug-likeness (QED) is 0.591. The van der Waals surface area contributed by atoms with Crippen LogP contribution >= 0.6 is 11.9 Å². The number of rotatable bonds is 1. The number of hydrogen-bond donors (Lipinski definition) is 0. The third kappa shape index (κ3) is 1.38. The molecule has 0 radical (unpaired) electrons. The maximum Gasteiger partial charge on any atom is 0.0660 e. The topological polar surface area (TPSA) is 16.1 Å². The van der Waals surface area contributed by atoms with Crippen molar-refractivity contribution in [1.29, 1.82) is 0 Å². The van der Waals surface area contributed by atoms with E-state index in [2.05, 4.69) is 26.8 Å². The van der Waals surface area contributed by atoms with Crippen molar-refractivity contribution in [2.45, 2.75) is 0 Å². The van der Waals surface area contributed by atoms with Crippen LogP contribution in [0.5, 0.6) is 0 Å². The average Bonchev–Trinajstić information content (AvgIpc) is 2.58. The maximum atomic E-state index is 4.05. The molecule has 2 rings (SSSR count). The molecule has 1 aliphatic rings. The van der Waals surface area contributed by atoms with Gasteiger partial charge in [0.2, 0.25) is 0 Å². The van der Waals surface area contributed by atoms with Crippen LogP contribution in [0.3, 0.4) is 0 Å². The Balaban J connectivity index is 2.17. The number of nitrogens with zero attached hydrogens (tertiary/aromatic N) is 2. The van der Waals surface area contributed by atoms with Gasteiger partial charge in [-0.2, -0.15) is 0 Å². The van der Waals surface area contributed by atoms with Crippen LogP contribution in [-0.4, -0.2) is 11.5 Å². The van der Waals surface area contributed by atoms with Gasteiger partial charge in [-0.1, -0.05) is 6.08 Å². The third-order valence-electron chi connectivity index (χ3n) is 1.49. The van der Waals surface area contributed by atoms with Gasteiger partial charge in [-0.25, -0.2) is 0 Å². The Bertz CT molecular complexity index is 250. The van der Waals surface area contributed by atoms with E-state index < -0.39 is 0 Å². The minimum Gasteiger partial charge on any atom is -0.307 e. The highest BCUT2D eigenvalue weighted by molar-refractivity contribution is 8.03. The number of anilines is 1. The molecule has 1 aromatic heterocycles. The van der Waals surface area contributed by atoms with E-state index in [1.807, 2.05) is 12.3 Å².